The van der Waals surface area contributed by atoms with Crippen molar-refractivity contribution in [1.29, 1.82) is 0 Å². The maximum absolute atomic E-state index is 13.4. The summed E-state index contributed by atoms with van der Waals surface area (Å²) in [7, 11) is 0. The molecule has 0 atom stereocenters. The highest BCUT2D eigenvalue weighted by molar-refractivity contribution is 9.10. The van der Waals surface area contributed by atoms with Crippen LogP contribution in [0, 0.1) is 0 Å². The maximum Gasteiger partial charge on any atom is 0.267 e. The highest BCUT2D eigenvalue weighted by Gasteiger charge is 2.39. The number of amidine groups is 1. The molecule has 1 aromatic carbocycles. The van der Waals surface area contributed by atoms with Crippen LogP contribution < -0.4 is 4.90 Å². The van der Waals surface area contributed by atoms with Crippen molar-refractivity contribution in [2.45, 2.75) is 51.0 Å². The number of para-hydroxylation sites is 1. The maximum atomic E-state index is 13.4. The van der Waals surface area contributed by atoms with Gasteiger partial charge in [-0.2, -0.15) is 0 Å². The van der Waals surface area contributed by atoms with E-state index in [4.69, 9.17) is 9.41 Å². The Bertz CT molecular complexity index is 1010. The van der Waals surface area contributed by atoms with Crippen molar-refractivity contribution in [2.24, 2.45) is 4.99 Å². The standard InChI is InChI=1S/C24H26BrN3O2S/c25-20-15-19(30-23(20)27-13-7-8-14-27)16-21-22(29)28(18-11-5-2-6-12-18)24(31-21)26-17-9-3-1-4-10-17/h1,3-4,9-10,15-16,18H,2,5-8,11-14H2/b21-16-,26-24?. The molecular weight excluding hydrogens is 474 g/mol. The van der Waals surface area contributed by atoms with Gasteiger partial charge in [-0.1, -0.05) is 37.5 Å². The zero-order valence-electron chi connectivity index (χ0n) is 17.4. The predicted octanol–water partition coefficient (Wildman–Crippen LogP) is 6.58. The molecule has 0 radical (unpaired) electrons. The second-order valence-electron chi connectivity index (χ2n) is 8.30. The molecule has 162 valence electrons. The first-order valence-corrected chi connectivity index (χ1v) is 12.7. The molecule has 0 bridgehead atoms. The zero-order valence-corrected chi connectivity index (χ0v) is 19.8. The molecule has 3 fully saturated rings. The first-order chi connectivity index (χ1) is 15.2. The van der Waals surface area contributed by atoms with Crippen LogP contribution in [0.4, 0.5) is 11.6 Å². The number of carbonyl (C=O) groups excluding carboxylic acids is 1. The van der Waals surface area contributed by atoms with Gasteiger partial charge in [-0.05, 0) is 65.5 Å². The second-order valence-corrected chi connectivity index (χ2v) is 10.2. The number of nitrogens with zero attached hydrogens (tertiary/aromatic N) is 3. The van der Waals surface area contributed by atoms with Crippen molar-refractivity contribution in [3.05, 3.63) is 51.5 Å². The van der Waals surface area contributed by atoms with E-state index in [0.29, 0.717) is 10.7 Å². The number of amides is 1. The first kappa shape index (κ1) is 20.9. The van der Waals surface area contributed by atoms with Gasteiger partial charge in [0.25, 0.3) is 5.91 Å². The molecule has 3 aliphatic rings. The lowest BCUT2D eigenvalue weighted by Gasteiger charge is -2.30. The Kier molecular flexibility index (Phi) is 6.23. The largest absolute Gasteiger partial charge is 0.440 e. The van der Waals surface area contributed by atoms with Gasteiger partial charge in [-0.25, -0.2) is 4.99 Å². The summed E-state index contributed by atoms with van der Waals surface area (Å²) in [5.41, 5.74) is 0.872. The SMILES string of the molecule is O=C1/C(=C/c2cc(Br)c(N3CCCC3)o2)SC(=Nc2ccccc2)N1C1CCCCC1. The molecule has 31 heavy (non-hydrogen) atoms. The Balaban J connectivity index is 1.46. The molecule has 1 amide bonds. The quantitative estimate of drug-likeness (QED) is 0.445. The van der Waals surface area contributed by atoms with Gasteiger partial charge in [-0.3, -0.25) is 9.69 Å². The molecule has 3 heterocycles. The fourth-order valence-electron chi connectivity index (χ4n) is 4.55. The molecule has 0 unspecified atom stereocenters. The number of thioether (sulfide) groups is 1. The molecule has 2 saturated heterocycles. The van der Waals surface area contributed by atoms with Gasteiger partial charge >= 0.3 is 0 Å². The summed E-state index contributed by atoms with van der Waals surface area (Å²) in [6, 6.07) is 12.1. The highest BCUT2D eigenvalue weighted by Crippen LogP contribution is 2.40. The van der Waals surface area contributed by atoms with Gasteiger partial charge in [0, 0.05) is 31.3 Å². The average Bonchev–Trinajstić information content (AvgIpc) is 3.50. The lowest BCUT2D eigenvalue weighted by atomic mass is 9.94. The molecule has 5 rings (SSSR count). The Morgan fingerprint density at radius 3 is 2.55 bits per heavy atom. The van der Waals surface area contributed by atoms with E-state index in [-0.39, 0.29) is 11.9 Å². The molecule has 0 spiro atoms. The van der Waals surface area contributed by atoms with E-state index >= 15 is 0 Å². The number of anilines is 1. The third-order valence-corrected chi connectivity index (χ3v) is 7.66. The molecule has 1 saturated carbocycles. The summed E-state index contributed by atoms with van der Waals surface area (Å²) >= 11 is 5.09. The van der Waals surface area contributed by atoms with Crippen LogP contribution in [0.2, 0.25) is 0 Å². The van der Waals surface area contributed by atoms with Crippen LogP contribution in [0.25, 0.3) is 6.08 Å². The summed E-state index contributed by atoms with van der Waals surface area (Å²) < 4.78 is 7.07. The van der Waals surface area contributed by atoms with E-state index < -0.39 is 0 Å². The van der Waals surface area contributed by atoms with Crippen molar-refractivity contribution >= 4 is 56.4 Å². The molecular formula is C24H26BrN3O2S. The molecule has 1 aromatic heterocycles. The van der Waals surface area contributed by atoms with E-state index in [2.05, 4.69) is 20.8 Å². The van der Waals surface area contributed by atoms with Gasteiger partial charge < -0.3 is 9.32 Å². The van der Waals surface area contributed by atoms with E-state index in [0.717, 1.165) is 47.1 Å². The minimum atomic E-state index is 0.0434. The Morgan fingerprint density at radius 1 is 1.06 bits per heavy atom. The normalized spacial score (nSPS) is 22.9. The minimum Gasteiger partial charge on any atom is -0.440 e. The van der Waals surface area contributed by atoms with Gasteiger partial charge in [0.1, 0.15) is 5.76 Å². The number of hydrogen-bond acceptors (Lipinski definition) is 5. The Morgan fingerprint density at radius 2 is 1.81 bits per heavy atom. The van der Waals surface area contributed by atoms with Crippen LogP contribution in [0.5, 0.6) is 0 Å². The first-order valence-electron chi connectivity index (χ1n) is 11.1. The lowest BCUT2D eigenvalue weighted by molar-refractivity contribution is -0.124. The van der Waals surface area contributed by atoms with Crippen LogP contribution in [0.15, 0.2) is 55.2 Å². The van der Waals surface area contributed by atoms with Gasteiger partial charge in [0.2, 0.25) is 5.88 Å². The third-order valence-electron chi connectivity index (χ3n) is 6.11. The fraction of sp³-hybridized carbons (Fsp3) is 0.417. The molecule has 2 aromatic rings. The fourth-order valence-corrected chi connectivity index (χ4v) is 6.15. The van der Waals surface area contributed by atoms with E-state index in [9.17, 15) is 4.79 Å². The molecule has 0 N–H and O–H groups in total. The summed E-state index contributed by atoms with van der Waals surface area (Å²) in [5.74, 6) is 1.61. The second kappa shape index (κ2) is 9.25. The van der Waals surface area contributed by atoms with E-state index in [1.807, 2.05) is 47.4 Å². The Hall–Kier alpha value is -1.99. The summed E-state index contributed by atoms with van der Waals surface area (Å²) in [5, 5.41) is 0.778. The summed E-state index contributed by atoms with van der Waals surface area (Å²) in [6.07, 6.45) is 9.92. The van der Waals surface area contributed by atoms with E-state index in [1.165, 1.54) is 43.9 Å². The molecule has 1 aliphatic carbocycles. The minimum absolute atomic E-state index is 0.0434. The van der Waals surface area contributed by atoms with Crippen LogP contribution in [0.1, 0.15) is 50.7 Å². The number of benzene rings is 1. The summed E-state index contributed by atoms with van der Waals surface area (Å²) in [6.45, 7) is 2.03. The van der Waals surface area contributed by atoms with Crippen molar-refractivity contribution in [3.63, 3.8) is 0 Å². The monoisotopic (exact) mass is 499 g/mol. The van der Waals surface area contributed by atoms with Crippen LogP contribution in [0.3, 0.4) is 0 Å². The van der Waals surface area contributed by atoms with Gasteiger partial charge in [0.15, 0.2) is 5.17 Å². The number of aliphatic imine (C=N–C) groups is 1. The van der Waals surface area contributed by atoms with Gasteiger partial charge in [-0.15, -0.1) is 0 Å². The van der Waals surface area contributed by atoms with Crippen molar-refractivity contribution in [3.8, 4) is 0 Å². The zero-order chi connectivity index (χ0) is 21.2. The number of carbonyl (C=O) groups is 1. The molecule has 2 aliphatic heterocycles. The topological polar surface area (TPSA) is 49.1 Å². The Labute approximate surface area is 195 Å². The van der Waals surface area contributed by atoms with Crippen molar-refractivity contribution in [1.82, 2.24) is 4.90 Å². The highest BCUT2D eigenvalue weighted by atomic mass is 79.9. The number of hydrogen-bond donors (Lipinski definition) is 0. The van der Waals surface area contributed by atoms with Crippen molar-refractivity contribution in [2.75, 3.05) is 18.0 Å². The van der Waals surface area contributed by atoms with Crippen LogP contribution in [-0.2, 0) is 4.79 Å². The van der Waals surface area contributed by atoms with Crippen LogP contribution >= 0.6 is 27.7 Å². The third kappa shape index (κ3) is 4.48. The number of rotatable bonds is 4. The van der Waals surface area contributed by atoms with Gasteiger partial charge in [0.05, 0.1) is 15.1 Å². The number of furan rings is 1. The van der Waals surface area contributed by atoms with E-state index in [1.54, 1.807) is 0 Å². The number of halogens is 1. The smallest absolute Gasteiger partial charge is 0.267 e. The molecule has 5 nitrogen and oxygen atoms in total. The molecule has 7 heteroatoms. The average molecular weight is 500 g/mol. The van der Waals surface area contributed by atoms with Crippen molar-refractivity contribution < 1.29 is 9.21 Å². The predicted molar refractivity (Wildman–Crippen MR) is 131 cm³/mol. The van der Waals surface area contributed by atoms with Crippen LogP contribution in [-0.4, -0.2) is 35.1 Å². The summed E-state index contributed by atoms with van der Waals surface area (Å²) in [4.78, 5) is 23.2. The lowest BCUT2D eigenvalue weighted by Crippen LogP contribution is -2.40.